The quantitative estimate of drug-likeness (QED) is 0.740. The highest BCUT2D eigenvalue weighted by atomic mass is 32.2. The van der Waals surface area contributed by atoms with Crippen LogP contribution in [0, 0.1) is 6.92 Å². The van der Waals surface area contributed by atoms with Gasteiger partial charge in [-0.05, 0) is 43.3 Å². The van der Waals surface area contributed by atoms with Gasteiger partial charge in [0, 0.05) is 11.3 Å². The van der Waals surface area contributed by atoms with Crippen molar-refractivity contribution in [2.45, 2.75) is 29.9 Å². The molecule has 1 aliphatic rings. The summed E-state index contributed by atoms with van der Waals surface area (Å²) in [5, 5.41) is -0.559. The van der Waals surface area contributed by atoms with Crippen molar-refractivity contribution >= 4 is 29.3 Å². The van der Waals surface area contributed by atoms with Crippen LogP contribution in [0.5, 0.6) is 5.75 Å². The van der Waals surface area contributed by atoms with Gasteiger partial charge in [0.15, 0.2) is 0 Å². The fourth-order valence-electron chi connectivity index (χ4n) is 2.55. The summed E-state index contributed by atoms with van der Waals surface area (Å²) < 4.78 is 40.4. The number of carbonyl (C=O) groups is 2. The molecule has 0 unspecified atom stereocenters. The molecule has 1 aliphatic heterocycles. The van der Waals surface area contributed by atoms with E-state index >= 15 is 0 Å². The lowest BCUT2D eigenvalue weighted by atomic mass is 10.2. The average Bonchev–Trinajstić information content (AvgIpc) is 2.83. The zero-order valence-corrected chi connectivity index (χ0v) is 14.4. The first-order valence-electron chi connectivity index (χ1n) is 7.69. The Morgan fingerprint density at radius 2 is 1.65 bits per heavy atom. The fraction of sp³-hybridized carbons (Fsp3) is 0.222. The van der Waals surface area contributed by atoms with Crippen molar-refractivity contribution in [3.8, 4) is 5.75 Å². The molecule has 2 aromatic rings. The second-order valence-corrected chi connectivity index (χ2v) is 7.01. The van der Waals surface area contributed by atoms with Crippen LogP contribution in [0.4, 0.5) is 18.9 Å². The van der Waals surface area contributed by atoms with Crippen LogP contribution in [-0.4, -0.2) is 23.4 Å². The second kappa shape index (κ2) is 7.03. The minimum atomic E-state index is -4.80. The van der Waals surface area contributed by atoms with Crippen molar-refractivity contribution in [1.82, 2.24) is 0 Å². The molecule has 0 saturated carbocycles. The number of ether oxygens (including phenoxy) is 1. The lowest BCUT2D eigenvalue weighted by molar-refractivity contribution is -0.274. The van der Waals surface area contributed by atoms with Crippen LogP contribution in [-0.2, 0) is 9.59 Å². The number of rotatable bonds is 4. The molecule has 1 heterocycles. The van der Waals surface area contributed by atoms with Gasteiger partial charge in [0.25, 0.3) is 0 Å². The predicted octanol–water partition coefficient (Wildman–Crippen LogP) is 4.32. The van der Waals surface area contributed by atoms with E-state index in [1.807, 2.05) is 31.2 Å². The summed E-state index contributed by atoms with van der Waals surface area (Å²) in [7, 11) is 0. The van der Waals surface area contributed by atoms with Crippen LogP contribution in [0.3, 0.4) is 0 Å². The summed E-state index contributed by atoms with van der Waals surface area (Å²) in [6.07, 6.45) is -4.76. The molecule has 2 aromatic carbocycles. The first kappa shape index (κ1) is 18.3. The average molecular weight is 381 g/mol. The smallest absolute Gasteiger partial charge is 0.406 e. The van der Waals surface area contributed by atoms with Crippen LogP contribution >= 0.6 is 11.8 Å². The van der Waals surface area contributed by atoms with Crippen molar-refractivity contribution in [3.05, 3.63) is 54.1 Å². The molecule has 0 aromatic heterocycles. The molecular formula is C18H14F3NO3S. The van der Waals surface area contributed by atoms with Gasteiger partial charge in [-0.1, -0.05) is 17.7 Å². The van der Waals surface area contributed by atoms with E-state index in [-0.39, 0.29) is 23.9 Å². The maximum Gasteiger partial charge on any atom is 0.573 e. The second-order valence-electron chi connectivity index (χ2n) is 5.73. The van der Waals surface area contributed by atoms with E-state index in [4.69, 9.17) is 0 Å². The highest BCUT2D eigenvalue weighted by Gasteiger charge is 2.40. The number of hydrogen-bond acceptors (Lipinski definition) is 4. The molecular weight excluding hydrogens is 367 g/mol. The van der Waals surface area contributed by atoms with E-state index in [0.29, 0.717) is 0 Å². The van der Waals surface area contributed by atoms with Crippen molar-refractivity contribution < 1.29 is 27.5 Å². The topological polar surface area (TPSA) is 46.6 Å². The number of imide groups is 1. The van der Waals surface area contributed by atoms with E-state index < -0.39 is 17.4 Å². The first-order chi connectivity index (χ1) is 12.2. The molecule has 1 fully saturated rings. The summed E-state index contributed by atoms with van der Waals surface area (Å²) in [4.78, 5) is 26.7. The van der Waals surface area contributed by atoms with Gasteiger partial charge in [-0.25, -0.2) is 4.90 Å². The maximum absolute atomic E-state index is 12.6. The Morgan fingerprint density at radius 1 is 1.04 bits per heavy atom. The van der Waals surface area contributed by atoms with Gasteiger partial charge in [0.2, 0.25) is 11.8 Å². The lowest BCUT2D eigenvalue weighted by Crippen LogP contribution is -2.31. The first-order valence-corrected chi connectivity index (χ1v) is 8.57. The lowest BCUT2D eigenvalue weighted by Gasteiger charge is -2.16. The van der Waals surface area contributed by atoms with Gasteiger partial charge in [-0.2, -0.15) is 0 Å². The standard InChI is InChI=1S/C18H14F3NO3S/c1-11-2-8-14(9-3-11)26-15-10-16(23)22(17(15)24)12-4-6-13(7-5-12)25-18(19,20)21/h2-9,15H,10H2,1H3/t15-/m1/s1. The summed E-state index contributed by atoms with van der Waals surface area (Å²) in [6, 6.07) is 12.3. The molecule has 0 radical (unpaired) electrons. The van der Waals surface area contributed by atoms with E-state index in [1.165, 1.54) is 23.9 Å². The van der Waals surface area contributed by atoms with Crippen LogP contribution in [0.25, 0.3) is 0 Å². The van der Waals surface area contributed by atoms with E-state index in [9.17, 15) is 22.8 Å². The van der Waals surface area contributed by atoms with Crippen molar-refractivity contribution in [3.63, 3.8) is 0 Å². The number of halogens is 3. The van der Waals surface area contributed by atoms with Crippen molar-refractivity contribution in [2.75, 3.05) is 4.90 Å². The van der Waals surface area contributed by atoms with Gasteiger partial charge < -0.3 is 4.74 Å². The molecule has 0 bridgehead atoms. The van der Waals surface area contributed by atoms with E-state index in [2.05, 4.69) is 4.74 Å². The Kier molecular flexibility index (Phi) is 4.95. The van der Waals surface area contributed by atoms with E-state index in [0.717, 1.165) is 27.5 Å². The largest absolute Gasteiger partial charge is 0.573 e. The molecule has 26 heavy (non-hydrogen) atoms. The van der Waals surface area contributed by atoms with Crippen LogP contribution in [0.15, 0.2) is 53.4 Å². The number of carbonyl (C=O) groups excluding carboxylic acids is 2. The number of benzene rings is 2. The van der Waals surface area contributed by atoms with Gasteiger partial charge in [0.1, 0.15) is 5.75 Å². The maximum atomic E-state index is 12.6. The summed E-state index contributed by atoms with van der Waals surface area (Å²) in [6.45, 7) is 1.95. The molecule has 0 spiro atoms. The van der Waals surface area contributed by atoms with E-state index in [1.54, 1.807) is 0 Å². The number of aryl methyl sites for hydroxylation is 1. The van der Waals surface area contributed by atoms with Crippen molar-refractivity contribution in [1.29, 1.82) is 0 Å². The number of nitrogens with zero attached hydrogens (tertiary/aromatic N) is 1. The minimum Gasteiger partial charge on any atom is -0.406 e. The molecule has 1 atom stereocenters. The third-order valence-electron chi connectivity index (χ3n) is 3.73. The Labute approximate surface area is 151 Å². The molecule has 4 nitrogen and oxygen atoms in total. The predicted molar refractivity (Wildman–Crippen MR) is 91.1 cm³/mol. The zero-order chi connectivity index (χ0) is 18.9. The number of thioether (sulfide) groups is 1. The molecule has 0 aliphatic carbocycles. The van der Waals surface area contributed by atoms with Gasteiger partial charge >= 0.3 is 6.36 Å². The summed E-state index contributed by atoms with van der Waals surface area (Å²) in [5.74, 6) is -1.18. The molecule has 136 valence electrons. The zero-order valence-electron chi connectivity index (χ0n) is 13.6. The summed E-state index contributed by atoms with van der Waals surface area (Å²) >= 11 is 1.30. The normalized spacial score (nSPS) is 17.7. The van der Waals surface area contributed by atoms with Gasteiger partial charge in [-0.3, -0.25) is 9.59 Å². The van der Waals surface area contributed by atoms with Crippen LogP contribution in [0.1, 0.15) is 12.0 Å². The van der Waals surface area contributed by atoms with Crippen LogP contribution in [0.2, 0.25) is 0 Å². The highest BCUT2D eigenvalue weighted by Crippen LogP contribution is 2.35. The Bertz CT molecular complexity index is 819. The van der Waals surface area contributed by atoms with Crippen LogP contribution < -0.4 is 9.64 Å². The van der Waals surface area contributed by atoms with Gasteiger partial charge in [-0.15, -0.1) is 24.9 Å². The molecule has 2 amide bonds. The number of hydrogen-bond donors (Lipinski definition) is 0. The number of anilines is 1. The minimum absolute atomic E-state index is 0.0399. The molecule has 1 saturated heterocycles. The Hall–Kier alpha value is -2.48. The Balaban J connectivity index is 1.73. The number of amides is 2. The third-order valence-corrected chi connectivity index (χ3v) is 4.93. The van der Waals surface area contributed by atoms with Gasteiger partial charge in [0.05, 0.1) is 10.9 Å². The summed E-state index contributed by atoms with van der Waals surface area (Å²) in [5.41, 5.74) is 1.31. The molecule has 8 heteroatoms. The van der Waals surface area contributed by atoms with Crippen molar-refractivity contribution in [2.24, 2.45) is 0 Å². The highest BCUT2D eigenvalue weighted by molar-refractivity contribution is 8.00. The number of alkyl halides is 3. The SMILES string of the molecule is Cc1ccc(S[C@@H]2CC(=O)N(c3ccc(OC(F)(F)F)cc3)C2=O)cc1. The monoisotopic (exact) mass is 381 g/mol. The Morgan fingerprint density at radius 3 is 2.23 bits per heavy atom. The molecule has 3 rings (SSSR count). The third kappa shape index (κ3) is 4.19. The molecule has 0 N–H and O–H groups in total. The fourth-order valence-corrected chi connectivity index (χ4v) is 3.60.